The van der Waals surface area contributed by atoms with E-state index >= 15 is 0 Å². The van der Waals surface area contributed by atoms with Gasteiger partial charge in [0.05, 0.1) is 40.7 Å². The summed E-state index contributed by atoms with van der Waals surface area (Å²) in [7, 11) is 2.79. The number of pyridine rings is 1. The molecule has 8 atom stereocenters. The first-order valence-electron chi connectivity index (χ1n) is 16.6. The Morgan fingerprint density at radius 2 is 1.55 bits per heavy atom. The molecule has 51 heavy (non-hydrogen) atoms. The summed E-state index contributed by atoms with van der Waals surface area (Å²) in [5, 5.41) is 88.0. The number of rotatable bonds is 5. The van der Waals surface area contributed by atoms with Crippen LogP contribution in [0.3, 0.4) is 0 Å². The highest BCUT2D eigenvalue weighted by molar-refractivity contribution is 6.37. The quantitative estimate of drug-likeness (QED) is 0.137. The Hall–Kier alpha value is -3.93. The fraction of sp³-hybridized carbons (Fsp3) is 0.486. The van der Waals surface area contributed by atoms with Crippen molar-refractivity contribution in [1.82, 2.24) is 4.57 Å². The van der Waals surface area contributed by atoms with Crippen LogP contribution < -0.4 is 15.7 Å². The van der Waals surface area contributed by atoms with Gasteiger partial charge in [0.1, 0.15) is 58.9 Å². The van der Waals surface area contributed by atoms with Gasteiger partial charge in [-0.3, -0.25) is 9.59 Å². The highest BCUT2D eigenvalue weighted by Gasteiger charge is 2.47. The molecule has 274 valence electrons. The maximum Gasteiger partial charge on any atom is 0.262 e. The zero-order valence-corrected chi connectivity index (χ0v) is 28.8. The predicted octanol–water partition coefficient (Wildman–Crippen LogP) is 1.83. The van der Waals surface area contributed by atoms with Crippen molar-refractivity contribution in [2.24, 2.45) is 7.05 Å². The highest BCUT2D eigenvalue weighted by atomic mass is 35.5. The molecule has 0 saturated carbocycles. The molecule has 3 aliphatic rings. The molecule has 8 N–H and O–H groups in total. The summed E-state index contributed by atoms with van der Waals surface area (Å²) >= 11 is 6.74. The van der Waals surface area contributed by atoms with Crippen LogP contribution in [-0.4, -0.2) is 89.3 Å². The van der Waals surface area contributed by atoms with E-state index in [1.807, 2.05) is 6.92 Å². The van der Waals surface area contributed by atoms with Gasteiger partial charge < -0.3 is 64.0 Å². The molecule has 3 heterocycles. The zero-order chi connectivity index (χ0) is 37.0. The summed E-state index contributed by atoms with van der Waals surface area (Å²) in [6.07, 6.45) is -11.1. The molecule has 0 radical (unpaired) electrons. The monoisotopic (exact) mass is 731 g/mol. The van der Waals surface area contributed by atoms with Crippen LogP contribution in [0, 0.1) is 0 Å². The number of fused-ring (bicyclic) bond motifs is 6. The van der Waals surface area contributed by atoms with Gasteiger partial charge in [-0.05, 0) is 26.2 Å². The van der Waals surface area contributed by atoms with E-state index in [0.29, 0.717) is 18.5 Å². The molecule has 0 spiro atoms. The Morgan fingerprint density at radius 1 is 0.902 bits per heavy atom. The van der Waals surface area contributed by atoms with Crippen molar-refractivity contribution in [2.45, 2.75) is 95.0 Å². The number of phenolic OH excluding ortho intramolecular Hbond substituents is 3. The van der Waals surface area contributed by atoms with Gasteiger partial charge >= 0.3 is 0 Å². The lowest BCUT2D eigenvalue weighted by molar-refractivity contribution is -0.313. The van der Waals surface area contributed by atoms with Gasteiger partial charge in [-0.2, -0.15) is 0 Å². The summed E-state index contributed by atoms with van der Waals surface area (Å²) in [6, 6.07) is 0. The zero-order valence-electron chi connectivity index (χ0n) is 28.0. The van der Waals surface area contributed by atoms with Crippen molar-refractivity contribution in [3.63, 3.8) is 0 Å². The number of methoxy groups -OCH3 is 1. The molecule has 7 rings (SSSR count). The van der Waals surface area contributed by atoms with Crippen molar-refractivity contribution in [2.75, 3.05) is 7.11 Å². The molecule has 0 bridgehead atoms. The van der Waals surface area contributed by atoms with Crippen LogP contribution in [0.2, 0.25) is 5.02 Å². The highest BCUT2D eigenvalue weighted by Crippen LogP contribution is 2.56. The number of aliphatic hydroxyl groups excluding tert-OH is 5. The summed E-state index contributed by atoms with van der Waals surface area (Å²) in [6.45, 7) is 3.34. The van der Waals surface area contributed by atoms with E-state index < -0.39 is 82.5 Å². The molecular weight excluding hydrogens is 694 g/mol. The third-order valence-electron chi connectivity index (χ3n) is 10.5. The van der Waals surface area contributed by atoms with Gasteiger partial charge in [0, 0.05) is 41.4 Å². The lowest BCUT2D eigenvalue weighted by atomic mass is 9.80. The van der Waals surface area contributed by atoms with Crippen LogP contribution in [0.25, 0.3) is 32.9 Å². The molecule has 1 saturated heterocycles. The fourth-order valence-corrected chi connectivity index (χ4v) is 8.24. The largest absolute Gasteiger partial charge is 0.507 e. The van der Waals surface area contributed by atoms with E-state index in [2.05, 4.69) is 0 Å². The first kappa shape index (κ1) is 35.5. The Labute approximate surface area is 294 Å². The SMILES string of the molecule is CCCc1c(Cl)c2c(O)c3c(c(O)c2c(=O)n1C)-c1c(c(OC)c2oc4c(c(=O)c2c1O)[C@@H](O)[C@@H](O[C@H]1O[C@H](C)[C@@H](O)[C@H](O)[C@@H]1O)C[C@@H]4O)CC3. The predicted molar refractivity (Wildman–Crippen MR) is 180 cm³/mol. The van der Waals surface area contributed by atoms with Crippen LogP contribution >= 0.6 is 11.6 Å². The Morgan fingerprint density at radius 3 is 2.22 bits per heavy atom. The van der Waals surface area contributed by atoms with Gasteiger partial charge in [-0.15, -0.1) is 0 Å². The van der Waals surface area contributed by atoms with Gasteiger partial charge in [-0.1, -0.05) is 24.9 Å². The molecule has 1 aliphatic heterocycles. The number of aromatic hydroxyl groups is 3. The van der Waals surface area contributed by atoms with Gasteiger partial charge in [0.15, 0.2) is 17.6 Å². The average molecular weight is 732 g/mol. The number of hydrogen-bond donors (Lipinski definition) is 8. The van der Waals surface area contributed by atoms with E-state index in [1.165, 1.54) is 25.6 Å². The number of aromatic nitrogens is 1. The molecule has 1 fully saturated rings. The van der Waals surface area contributed by atoms with Crippen molar-refractivity contribution < 1.29 is 59.5 Å². The first-order chi connectivity index (χ1) is 24.2. The van der Waals surface area contributed by atoms with Gasteiger partial charge in [0.2, 0.25) is 5.43 Å². The van der Waals surface area contributed by atoms with E-state index in [4.69, 9.17) is 30.2 Å². The minimum absolute atomic E-state index is 0.0214. The normalized spacial score (nSPS) is 27.3. The molecule has 0 amide bonds. The van der Waals surface area contributed by atoms with E-state index in [-0.39, 0.29) is 80.2 Å². The van der Waals surface area contributed by atoms with Crippen molar-refractivity contribution in [3.05, 3.63) is 53.7 Å². The summed E-state index contributed by atoms with van der Waals surface area (Å²) < 4.78 is 24.3. The average Bonchev–Trinajstić information content (AvgIpc) is 3.10. The van der Waals surface area contributed by atoms with Gasteiger partial charge in [0.25, 0.3) is 5.56 Å². The molecule has 2 aromatic heterocycles. The molecule has 15 nitrogen and oxygen atoms in total. The molecule has 4 aromatic rings. The minimum Gasteiger partial charge on any atom is -0.507 e. The van der Waals surface area contributed by atoms with Crippen molar-refractivity contribution in [3.8, 4) is 34.1 Å². The minimum atomic E-state index is -1.81. The molecular formula is C35H38ClNO14. The van der Waals surface area contributed by atoms with Crippen molar-refractivity contribution >= 4 is 33.3 Å². The Bertz CT molecular complexity index is 2230. The van der Waals surface area contributed by atoms with Crippen LogP contribution in [-0.2, 0) is 35.8 Å². The lowest BCUT2D eigenvalue weighted by Crippen LogP contribution is -2.58. The lowest BCUT2D eigenvalue weighted by Gasteiger charge is -2.42. The van der Waals surface area contributed by atoms with Gasteiger partial charge in [-0.25, -0.2) is 0 Å². The second-order valence-corrected chi connectivity index (χ2v) is 13.8. The van der Waals surface area contributed by atoms with Crippen LogP contribution in [0.4, 0.5) is 0 Å². The van der Waals surface area contributed by atoms with E-state index in [9.17, 15) is 50.4 Å². The molecule has 2 aromatic carbocycles. The number of nitrogens with zero attached hydrogens (tertiary/aromatic N) is 1. The molecule has 0 unspecified atom stereocenters. The van der Waals surface area contributed by atoms with Crippen molar-refractivity contribution in [1.29, 1.82) is 0 Å². The fourth-order valence-electron chi connectivity index (χ4n) is 7.84. The molecule has 16 heteroatoms. The summed E-state index contributed by atoms with van der Waals surface area (Å²) in [5.74, 6) is -2.00. The number of benzene rings is 2. The van der Waals surface area contributed by atoms with Crippen LogP contribution in [0.15, 0.2) is 14.0 Å². The third-order valence-corrected chi connectivity index (χ3v) is 10.9. The first-order valence-corrected chi connectivity index (χ1v) is 17.0. The second kappa shape index (κ2) is 12.6. The smallest absolute Gasteiger partial charge is 0.262 e. The summed E-state index contributed by atoms with van der Waals surface area (Å²) in [5.41, 5.74) is -1.68. The van der Waals surface area contributed by atoms with Crippen LogP contribution in [0.1, 0.15) is 67.0 Å². The number of phenols is 3. The van der Waals surface area contributed by atoms with E-state index in [0.717, 1.165) is 0 Å². The maximum absolute atomic E-state index is 14.3. The topological polar surface area (TPSA) is 242 Å². The standard InChI is InChI=1S/C35H38ClNO14/c1-5-6-13-22(36)18-19(34(47)37(13)3)26(42)16-11(24(18)40)7-8-12-17(16)27(43)21-28(44)20-25(41)15(9-14(38)32(20)51-33(21)31(12)48-4)50-35-30(46)29(45)23(39)10(2)49-35/h10,14-15,23,25,29-30,35,38-43,45-46H,5-9H2,1-4H3/t10-,14+,15+,23-,25+,29+,30+,35-/m1/s1. The number of hydrogen-bond acceptors (Lipinski definition) is 14. The number of ether oxygens (including phenoxy) is 3. The second-order valence-electron chi connectivity index (χ2n) is 13.4. The van der Waals surface area contributed by atoms with E-state index in [1.54, 1.807) is 0 Å². The van der Waals surface area contributed by atoms with Crippen LogP contribution in [0.5, 0.6) is 23.0 Å². The summed E-state index contributed by atoms with van der Waals surface area (Å²) in [4.78, 5) is 28.0. The maximum atomic E-state index is 14.3. The number of halogens is 1. The Kier molecular flexibility index (Phi) is 8.79. The third kappa shape index (κ3) is 4.98. The Balaban J connectivity index is 1.44. The number of aliphatic hydroxyl groups is 5. The molecule has 2 aliphatic carbocycles.